The maximum Gasteiger partial charge on any atom is 0.273 e. The van der Waals surface area contributed by atoms with E-state index in [0.717, 1.165) is 43.4 Å². The van der Waals surface area contributed by atoms with Crippen molar-refractivity contribution in [2.24, 2.45) is 0 Å². The number of carbonyl (C=O) groups excluding carboxylic acids is 2. The highest BCUT2D eigenvalue weighted by molar-refractivity contribution is 6.00. The van der Waals surface area contributed by atoms with Gasteiger partial charge in [-0.15, -0.1) is 0 Å². The first-order valence-electron chi connectivity index (χ1n) is 13.8. The average molecular weight is 495 g/mol. The van der Waals surface area contributed by atoms with E-state index in [0.29, 0.717) is 38.4 Å². The summed E-state index contributed by atoms with van der Waals surface area (Å²) in [6, 6.07) is 10.3. The molecule has 36 heavy (non-hydrogen) atoms. The number of fused-ring (bicyclic) bond motifs is 1. The summed E-state index contributed by atoms with van der Waals surface area (Å²) in [7, 11) is 0. The van der Waals surface area contributed by atoms with E-state index >= 15 is 0 Å². The highest BCUT2D eigenvalue weighted by atomic mass is 16.5. The van der Waals surface area contributed by atoms with E-state index in [2.05, 4.69) is 36.5 Å². The molecule has 4 rings (SSSR count). The van der Waals surface area contributed by atoms with Crippen LogP contribution in [0.25, 0.3) is 11.3 Å². The second-order valence-electron chi connectivity index (χ2n) is 10.4. The summed E-state index contributed by atoms with van der Waals surface area (Å²) < 4.78 is 7.27. The number of rotatable bonds is 9. The molecular weight excluding hydrogens is 452 g/mol. The largest absolute Gasteiger partial charge is 0.382 e. The van der Waals surface area contributed by atoms with Crippen molar-refractivity contribution in [3.8, 4) is 11.3 Å². The first-order valence-corrected chi connectivity index (χ1v) is 13.8. The summed E-state index contributed by atoms with van der Waals surface area (Å²) in [5.74, 6) is -0.218. The zero-order chi connectivity index (χ0) is 25.5. The molecule has 1 N–H and O–H groups in total. The van der Waals surface area contributed by atoms with E-state index in [1.54, 1.807) is 9.58 Å². The van der Waals surface area contributed by atoms with Gasteiger partial charge in [0.1, 0.15) is 11.2 Å². The molecule has 1 aliphatic carbocycles. The van der Waals surface area contributed by atoms with Crippen molar-refractivity contribution in [2.75, 3.05) is 19.8 Å². The van der Waals surface area contributed by atoms with Crippen molar-refractivity contribution in [3.63, 3.8) is 0 Å². The van der Waals surface area contributed by atoms with Gasteiger partial charge in [0, 0.05) is 31.4 Å². The van der Waals surface area contributed by atoms with Crippen LogP contribution in [0.15, 0.2) is 30.3 Å². The number of aromatic nitrogens is 2. The molecular formula is C29H42N4O3. The Morgan fingerprint density at radius 3 is 2.47 bits per heavy atom. The van der Waals surface area contributed by atoms with Crippen molar-refractivity contribution in [1.82, 2.24) is 20.0 Å². The Labute approximate surface area is 215 Å². The third-order valence-electron chi connectivity index (χ3n) is 7.76. The van der Waals surface area contributed by atoms with Crippen molar-refractivity contribution < 1.29 is 14.3 Å². The average Bonchev–Trinajstić information content (AvgIpc) is 3.29. The molecule has 1 atom stereocenters. The van der Waals surface area contributed by atoms with Crippen LogP contribution in [0.4, 0.5) is 0 Å². The molecule has 1 aliphatic heterocycles. The number of ether oxygens (including phenoxy) is 1. The normalized spacial score (nSPS) is 21.1. The van der Waals surface area contributed by atoms with E-state index in [9.17, 15) is 9.59 Å². The first-order chi connectivity index (χ1) is 17.5. The van der Waals surface area contributed by atoms with Crippen LogP contribution in [-0.4, -0.2) is 57.8 Å². The van der Waals surface area contributed by atoms with E-state index in [1.807, 2.05) is 19.9 Å². The minimum Gasteiger partial charge on any atom is -0.382 e. The molecule has 0 unspecified atom stereocenters. The van der Waals surface area contributed by atoms with Crippen molar-refractivity contribution in [1.29, 1.82) is 0 Å². The minimum atomic E-state index is -1.01. The second kappa shape index (κ2) is 12.0. The van der Waals surface area contributed by atoms with E-state index in [4.69, 9.17) is 9.84 Å². The lowest BCUT2D eigenvalue weighted by Gasteiger charge is -2.44. The number of nitrogens with one attached hydrogen (secondary N) is 1. The zero-order valence-electron chi connectivity index (χ0n) is 22.2. The molecule has 0 radical (unpaired) electrons. The Bertz CT molecular complexity index is 1020. The Kier molecular flexibility index (Phi) is 8.83. The molecule has 2 heterocycles. The molecule has 2 aliphatic rings. The second-order valence-corrected chi connectivity index (χ2v) is 10.4. The zero-order valence-corrected chi connectivity index (χ0v) is 22.2. The quantitative estimate of drug-likeness (QED) is 0.499. The third kappa shape index (κ3) is 5.83. The van der Waals surface area contributed by atoms with Gasteiger partial charge in [-0.2, -0.15) is 5.10 Å². The fraction of sp³-hybridized carbons (Fsp3) is 0.621. The van der Waals surface area contributed by atoms with Gasteiger partial charge in [-0.1, -0.05) is 63.3 Å². The van der Waals surface area contributed by atoms with Gasteiger partial charge in [0.2, 0.25) is 5.91 Å². The maximum absolute atomic E-state index is 13.8. The molecule has 1 fully saturated rings. The topological polar surface area (TPSA) is 76.5 Å². The summed E-state index contributed by atoms with van der Waals surface area (Å²) in [6.45, 7) is 8.00. The maximum atomic E-state index is 13.8. The van der Waals surface area contributed by atoms with Crippen molar-refractivity contribution >= 4 is 11.8 Å². The van der Waals surface area contributed by atoms with Crippen LogP contribution in [0.5, 0.6) is 0 Å². The van der Waals surface area contributed by atoms with Crippen LogP contribution in [0, 0.1) is 0 Å². The number of nitrogens with zero attached hydrogens (tertiary/aromatic N) is 3. The summed E-state index contributed by atoms with van der Waals surface area (Å²) >= 11 is 0. The smallest absolute Gasteiger partial charge is 0.273 e. The predicted octanol–water partition coefficient (Wildman–Crippen LogP) is 4.98. The van der Waals surface area contributed by atoms with Crippen LogP contribution in [0.1, 0.15) is 88.2 Å². The molecule has 0 bridgehead atoms. The van der Waals surface area contributed by atoms with Crippen LogP contribution in [0.2, 0.25) is 0 Å². The molecule has 1 aromatic heterocycles. The summed E-state index contributed by atoms with van der Waals surface area (Å²) in [5, 5.41) is 8.11. The summed E-state index contributed by atoms with van der Waals surface area (Å²) in [6.07, 6.45) is 9.69. The fourth-order valence-corrected chi connectivity index (χ4v) is 5.45. The number of aryl methyl sites for hydroxylation is 1. The van der Waals surface area contributed by atoms with Gasteiger partial charge in [-0.3, -0.25) is 14.3 Å². The highest BCUT2D eigenvalue weighted by Crippen LogP contribution is 2.31. The summed E-state index contributed by atoms with van der Waals surface area (Å²) in [5.41, 5.74) is 2.54. The number of amides is 2. The molecule has 7 heteroatoms. The lowest BCUT2D eigenvalue weighted by atomic mass is 9.92. The van der Waals surface area contributed by atoms with Crippen molar-refractivity contribution in [2.45, 2.75) is 96.7 Å². The van der Waals surface area contributed by atoms with E-state index in [-0.39, 0.29) is 17.9 Å². The number of hydrogen-bond acceptors (Lipinski definition) is 4. The standard InChI is InChI=1S/C29H42N4O3/c1-4-22-14-16-23(17-15-22)25-20-26-27(34)32(18-11-19-36-5-2)29(3,21-33(26)31-25)28(35)30-24-12-9-7-6-8-10-13-24/h14-17,20,24H,4-13,18-19,21H2,1-3H3,(H,30,35)/t29-/m0/s1. The summed E-state index contributed by atoms with van der Waals surface area (Å²) in [4.78, 5) is 29.3. The van der Waals surface area contributed by atoms with Crippen LogP contribution in [0.3, 0.4) is 0 Å². The molecule has 0 spiro atoms. The Balaban J connectivity index is 1.60. The predicted molar refractivity (Wildman–Crippen MR) is 142 cm³/mol. The molecule has 0 saturated heterocycles. The van der Waals surface area contributed by atoms with Crippen LogP contribution >= 0.6 is 0 Å². The molecule has 2 aromatic rings. The molecule has 196 valence electrons. The number of carbonyl (C=O) groups is 2. The van der Waals surface area contributed by atoms with Gasteiger partial charge in [0.25, 0.3) is 5.91 Å². The van der Waals surface area contributed by atoms with Gasteiger partial charge < -0.3 is 15.0 Å². The SMILES string of the molecule is CCOCCCN1C(=O)c2cc(-c3ccc(CC)cc3)nn2C[C@@]1(C)C(=O)NC1CCCCCCC1. The minimum absolute atomic E-state index is 0.0761. The van der Waals surface area contributed by atoms with Gasteiger partial charge in [0.05, 0.1) is 12.2 Å². The highest BCUT2D eigenvalue weighted by Gasteiger charge is 2.48. The molecule has 1 saturated carbocycles. The van der Waals surface area contributed by atoms with E-state index in [1.165, 1.54) is 24.8 Å². The first kappa shape index (κ1) is 26.4. The monoisotopic (exact) mass is 494 g/mol. The Morgan fingerprint density at radius 2 is 1.81 bits per heavy atom. The number of benzene rings is 1. The molecule has 1 aromatic carbocycles. The van der Waals surface area contributed by atoms with Gasteiger partial charge >= 0.3 is 0 Å². The number of hydrogen-bond donors (Lipinski definition) is 1. The fourth-order valence-electron chi connectivity index (χ4n) is 5.45. The Morgan fingerprint density at radius 1 is 1.11 bits per heavy atom. The lowest BCUT2D eigenvalue weighted by molar-refractivity contribution is -0.134. The van der Waals surface area contributed by atoms with Crippen molar-refractivity contribution in [3.05, 3.63) is 41.6 Å². The Hall–Kier alpha value is -2.67. The van der Waals surface area contributed by atoms with Gasteiger partial charge in [-0.25, -0.2) is 0 Å². The molecule has 2 amide bonds. The van der Waals surface area contributed by atoms with Gasteiger partial charge in [-0.05, 0) is 51.2 Å². The molecule has 7 nitrogen and oxygen atoms in total. The third-order valence-corrected chi connectivity index (χ3v) is 7.76. The van der Waals surface area contributed by atoms with Gasteiger partial charge in [0.15, 0.2) is 0 Å². The lowest BCUT2D eigenvalue weighted by Crippen LogP contribution is -2.65. The van der Waals surface area contributed by atoms with Crippen LogP contribution in [-0.2, 0) is 22.5 Å². The van der Waals surface area contributed by atoms with E-state index < -0.39 is 5.54 Å². The van der Waals surface area contributed by atoms with Crippen LogP contribution < -0.4 is 5.32 Å².